The topological polar surface area (TPSA) is 73.9 Å². The van der Waals surface area contributed by atoms with E-state index in [2.05, 4.69) is 5.32 Å². The first-order valence-corrected chi connectivity index (χ1v) is 10.6. The van der Waals surface area contributed by atoms with Gasteiger partial charge < -0.3 is 19.5 Å². The average Bonchev–Trinajstić information content (AvgIpc) is 2.83. The van der Waals surface area contributed by atoms with Gasteiger partial charge in [-0.15, -0.1) is 0 Å². The van der Waals surface area contributed by atoms with Crippen LogP contribution in [0, 0.1) is 0 Å². The first kappa shape index (κ1) is 22.9. The standard InChI is InChI=1S/C26H27NO5/c28-25(15-16-26(29)32-18-17-21-9-3-1-4-10-21)27-23-13-7-8-14-24(23)31-20-19-30-22-11-5-2-6-12-22/h1-14H,15-20H2,(H,27,28). The van der Waals surface area contributed by atoms with Crippen molar-refractivity contribution in [2.45, 2.75) is 19.3 Å². The van der Waals surface area contributed by atoms with Gasteiger partial charge in [0.15, 0.2) is 0 Å². The number of nitrogens with one attached hydrogen (secondary N) is 1. The van der Waals surface area contributed by atoms with E-state index in [-0.39, 0.29) is 18.7 Å². The summed E-state index contributed by atoms with van der Waals surface area (Å²) in [6.45, 7) is 1.00. The summed E-state index contributed by atoms with van der Waals surface area (Å²) >= 11 is 0. The van der Waals surface area contributed by atoms with E-state index in [0.717, 1.165) is 11.3 Å². The highest BCUT2D eigenvalue weighted by Crippen LogP contribution is 2.24. The Balaban J connectivity index is 1.36. The van der Waals surface area contributed by atoms with E-state index in [4.69, 9.17) is 14.2 Å². The summed E-state index contributed by atoms with van der Waals surface area (Å²) in [5, 5.41) is 2.79. The van der Waals surface area contributed by atoms with Crippen molar-refractivity contribution < 1.29 is 23.8 Å². The highest BCUT2D eigenvalue weighted by atomic mass is 16.5. The van der Waals surface area contributed by atoms with E-state index < -0.39 is 5.97 Å². The second-order valence-electron chi connectivity index (χ2n) is 7.01. The lowest BCUT2D eigenvalue weighted by Crippen LogP contribution is -2.16. The number of rotatable bonds is 12. The molecule has 0 atom stereocenters. The van der Waals surface area contributed by atoms with Crippen LogP contribution in [0.4, 0.5) is 5.69 Å². The van der Waals surface area contributed by atoms with E-state index in [0.29, 0.717) is 37.7 Å². The number of carbonyl (C=O) groups is 2. The fourth-order valence-corrected chi connectivity index (χ4v) is 2.95. The summed E-state index contributed by atoms with van der Waals surface area (Å²) < 4.78 is 16.6. The van der Waals surface area contributed by atoms with Crippen LogP contribution in [0.25, 0.3) is 0 Å². The molecular weight excluding hydrogens is 406 g/mol. The molecule has 3 aromatic carbocycles. The Morgan fingerprint density at radius 1 is 0.688 bits per heavy atom. The molecule has 0 saturated carbocycles. The molecule has 1 amide bonds. The number of anilines is 1. The molecule has 0 saturated heterocycles. The van der Waals surface area contributed by atoms with Gasteiger partial charge in [0, 0.05) is 12.8 Å². The molecule has 3 rings (SSSR count). The van der Waals surface area contributed by atoms with Crippen LogP contribution in [0.5, 0.6) is 11.5 Å². The molecule has 32 heavy (non-hydrogen) atoms. The molecule has 6 heteroatoms. The number of hydrogen-bond acceptors (Lipinski definition) is 5. The number of ether oxygens (including phenoxy) is 3. The predicted molar refractivity (Wildman–Crippen MR) is 123 cm³/mol. The fraction of sp³-hybridized carbons (Fsp3) is 0.231. The number of benzene rings is 3. The molecule has 0 bridgehead atoms. The summed E-state index contributed by atoms with van der Waals surface area (Å²) in [6.07, 6.45) is 0.710. The SMILES string of the molecule is O=C(CCC(=O)OCCc1ccccc1)Nc1ccccc1OCCOc1ccccc1. The molecule has 0 heterocycles. The molecule has 0 aliphatic heterocycles. The Hall–Kier alpha value is -3.80. The zero-order chi connectivity index (χ0) is 22.4. The molecular formula is C26H27NO5. The van der Waals surface area contributed by atoms with E-state index >= 15 is 0 Å². The van der Waals surface area contributed by atoms with E-state index in [1.54, 1.807) is 18.2 Å². The second kappa shape index (κ2) is 12.8. The summed E-state index contributed by atoms with van der Waals surface area (Å²) in [6, 6.07) is 26.4. The summed E-state index contributed by atoms with van der Waals surface area (Å²) in [7, 11) is 0. The molecule has 0 fully saturated rings. The zero-order valence-electron chi connectivity index (χ0n) is 17.9. The number of esters is 1. The van der Waals surface area contributed by atoms with Gasteiger partial charge in [0.25, 0.3) is 0 Å². The molecule has 3 aromatic rings. The Morgan fingerprint density at radius 2 is 1.34 bits per heavy atom. The van der Waals surface area contributed by atoms with Crippen LogP contribution in [0.1, 0.15) is 18.4 Å². The van der Waals surface area contributed by atoms with Crippen LogP contribution in [-0.4, -0.2) is 31.7 Å². The number of para-hydroxylation sites is 3. The van der Waals surface area contributed by atoms with Crippen molar-refractivity contribution in [1.29, 1.82) is 0 Å². The maximum Gasteiger partial charge on any atom is 0.306 e. The molecule has 6 nitrogen and oxygen atoms in total. The Kier molecular flexibility index (Phi) is 9.15. The van der Waals surface area contributed by atoms with Gasteiger partial charge in [-0.3, -0.25) is 9.59 Å². The van der Waals surface area contributed by atoms with Crippen molar-refractivity contribution in [3.05, 3.63) is 90.5 Å². The quantitative estimate of drug-likeness (QED) is 0.332. The van der Waals surface area contributed by atoms with Crippen LogP contribution < -0.4 is 14.8 Å². The molecule has 0 aromatic heterocycles. The first-order chi connectivity index (χ1) is 15.7. The molecule has 0 spiro atoms. The lowest BCUT2D eigenvalue weighted by atomic mass is 10.2. The highest BCUT2D eigenvalue weighted by molar-refractivity contribution is 5.93. The van der Waals surface area contributed by atoms with Gasteiger partial charge in [-0.1, -0.05) is 60.7 Å². The van der Waals surface area contributed by atoms with Crippen molar-refractivity contribution >= 4 is 17.6 Å². The van der Waals surface area contributed by atoms with E-state index in [9.17, 15) is 9.59 Å². The van der Waals surface area contributed by atoms with Gasteiger partial charge in [0.2, 0.25) is 5.91 Å². The van der Waals surface area contributed by atoms with Gasteiger partial charge in [0.1, 0.15) is 24.7 Å². The molecule has 0 aliphatic carbocycles. The lowest BCUT2D eigenvalue weighted by molar-refractivity contribution is -0.144. The predicted octanol–water partition coefficient (Wildman–Crippen LogP) is 4.65. The van der Waals surface area contributed by atoms with Crippen LogP contribution in [0.2, 0.25) is 0 Å². The van der Waals surface area contributed by atoms with Crippen molar-refractivity contribution in [1.82, 2.24) is 0 Å². The Morgan fingerprint density at radius 3 is 2.12 bits per heavy atom. The third kappa shape index (κ3) is 8.14. The second-order valence-corrected chi connectivity index (χ2v) is 7.01. The van der Waals surface area contributed by atoms with Gasteiger partial charge in [-0.05, 0) is 29.8 Å². The molecule has 0 unspecified atom stereocenters. The van der Waals surface area contributed by atoms with Gasteiger partial charge >= 0.3 is 5.97 Å². The van der Waals surface area contributed by atoms with Crippen LogP contribution in [0.3, 0.4) is 0 Å². The normalized spacial score (nSPS) is 10.2. The minimum absolute atomic E-state index is 0.0224. The summed E-state index contributed by atoms with van der Waals surface area (Å²) in [5.74, 6) is 0.650. The Labute approximate surface area is 188 Å². The Bertz CT molecular complexity index is 976. The maximum atomic E-state index is 12.3. The van der Waals surface area contributed by atoms with Crippen LogP contribution in [-0.2, 0) is 20.7 Å². The molecule has 0 aliphatic rings. The lowest BCUT2D eigenvalue weighted by Gasteiger charge is -2.13. The third-order valence-electron chi connectivity index (χ3n) is 4.57. The number of hydrogen-bond donors (Lipinski definition) is 1. The van der Waals surface area contributed by atoms with Crippen molar-refractivity contribution in [2.75, 3.05) is 25.1 Å². The highest BCUT2D eigenvalue weighted by Gasteiger charge is 2.11. The van der Waals surface area contributed by atoms with Crippen molar-refractivity contribution in [3.8, 4) is 11.5 Å². The van der Waals surface area contributed by atoms with Crippen molar-refractivity contribution in [2.24, 2.45) is 0 Å². The van der Waals surface area contributed by atoms with E-state index in [1.165, 1.54) is 0 Å². The minimum Gasteiger partial charge on any atom is -0.490 e. The summed E-state index contributed by atoms with van der Waals surface area (Å²) in [4.78, 5) is 24.2. The monoisotopic (exact) mass is 433 g/mol. The zero-order valence-corrected chi connectivity index (χ0v) is 17.9. The average molecular weight is 434 g/mol. The minimum atomic E-state index is -0.390. The van der Waals surface area contributed by atoms with Gasteiger partial charge in [-0.2, -0.15) is 0 Å². The maximum absolute atomic E-state index is 12.3. The molecule has 166 valence electrons. The van der Waals surface area contributed by atoms with E-state index in [1.807, 2.05) is 66.7 Å². The first-order valence-electron chi connectivity index (χ1n) is 10.6. The van der Waals surface area contributed by atoms with Crippen LogP contribution in [0.15, 0.2) is 84.9 Å². The number of carbonyl (C=O) groups excluding carboxylic acids is 2. The van der Waals surface area contributed by atoms with Crippen molar-refractivity contribution in [3.63, 3.8) is 0 Å². The smallest absolute Gasteiger partial charge is 0.306 e. The van der Waals surface area contributed by atoms with Gasteiger partial charge in [0.05, 0.1) is 18.7 Å². The van der Waals surface area contributed by atoms with Crippen LogP contribution >= 0.6 is 0 Å². The third-order valence-corrected chi connectivity index (χ3v) is 4.57. The molecule has 0 radical (unpaired) electrons. The summed E-state index contributed by atoms with van der Waals surface area (Å²) in [5.41, 5.74) is 1.65. The largest absolute Gasteiger partial charge is 0.490 e. The number of amides is 1. The fourth-order valence-electron chi connectivity index (χ4n) is 2.95. The molecule has 1 N–H and O–H groups in total. The van der Waals surface area contributed by atoms with Gasteiger partial charge in [-0.25, -0.2) is 0 Å².